The van der Waals surface area contributed by atoms with Crippen LogP contribution in [0.1, 0.15) is 10.4 Å². The number of nitrogens with one attached hydrogen (secondary N) is 2. The molecule has 0 aliphatic carbocycles. The number of rotatable bonds is 2. The van der Waals surface area contributed by atoms with Crippen LogP contribution in [0.25, 0.3) is 0 Å². The number of carbonyl (C=O) groups is 1. The minimum Gasteiger partial charge on any atom is -0.367 e. The fourth-order valence-electron chi connectivity index (χ4n) is 1.44. The molecule has 1 heterocycles. The zero-order valence-corrected chi connectivity index (χ0v) is 11.7. The molecule has 0 saturated carbocycles. The molecule has 2 rings (SSSR count). The van der Waals surface area contributed by atoms with Gasteiger partial charge in [-0.25, -0.2) is 4.39 Å². The predicted molar refractivity (Wildman–Crippen MR) is 74.1 cm³/mol. The highest BCUT2D eigenvalue weighted by Gasteiger charge is 2.14. The van der Waals surface area contributed by atoms with E-state index in [1.807, 2.05) is 0 Å². The van der Waals surface area contributed by atoms with Crippen molar-refractivity contribution in [2.75, 3.05) is 5.32 Å². The van der Waals surface area contributed by atoms with Crippen LogP contribution < -0.4 is 10.7 Å². The first-order valence-electron chi connectivity index (χ1n) is 5.12. The van der Waals surface area contributed by atoms with E-state index >= 15 is 0 Å². The Kier molecular flexibility index (Phi) is 4.01. The lowest BCUT2D eigenvalue weighted by Crippen LogP contribution is -2.21. The highest BCUT2D eigenvalue weighted by Crippen LogP contribution is 2.31. The molecular weight excluding hydrogens is 338 g/mol. The van der Waals surface area contributed by atoms with E-state index in [4.69, 9.17) is 11.6 Å². The average Bonchev–Trinajstić information content (AvgIpc) is 2.34. The third-order valence-corrected chi connectivity index (χ3v) is 3.24. The molecule has 1 amide bonds. The predicted octanol–water partition coefficient (Wildman–Crippen LogP) is 3.18. The maximum Gasteiger partial charge on any atom is 0.261 e. The van der Waals surface area contributed by atoms with Crippen LogP contribution in [0.3, 0.4) is 0 Å². The molecule has 1 aromatic heterocycles. The van der Waals surface area contributed by atoms with Crippen LogP contribution in [0.4, 0.5) is 10.1 Å². The van der Waals surface area contributed by atoms with Gasteiger partial charge in [0.25, 0.3) is 5.91 Å². The lowest BCUT2D eigenvalue weighted by molar-refractivity contribution is 0.102. The first-order chi connectivity index (χ1) is 8.99. The summed E-state index contributed by atoms with van der Waals surface area (Å²) in [6.07, 6.45) is 2.70. The molecule has 2 N–H and O–H groups in total. The molecule has 19 heavy (non-hydrogen) atoms. The Morgan fingerprint density at radius 1 is 1.42 bits per heavy atom. The van der Waals surface area contributed by atoms with Gasteiger partial charge < -0.3 is 10.3 Å². The van der Waals surface area contributed by atoms with E-state index in [9.17, 15) is 14.0 Å². The number of aromatic amines is 1. The Labute approximate surface area is 120 Å². The highest BCUT2D eigenvalue weighted by molar-refractivity contribution is 9.10. The van der Waals surface area contributed by atoms with Crippen molar-refractivity contribution in [3.05, 3.63) is 61.7 Å². The number of anilines is 1. The highest BCUT2D eigenvalue weighted by atomic mass is 79.9. The van der Waals surface area contributed by atoms with E-state index < -0.39 is 17.2 Å². The zero-order chi connectivity index (χ0) is 14.0. The van der Waals surface area contributed by atoms with Crippen LogP contribution in [0.15, 0.2) is 39.9 Å². The summed E-state index contributed by atoms with van der Waals surface area (Å²) in [5.74, 6) is -1.16. The molecule has 0 unspecified atom stereocenters. The Bertz CT molecular complexity index is 679. The number of aromatic nitrogens is 1. The summed E-state index contributed by atoms with van der Waals surface area (Å²) >= 11 is 8.93. The molecule has 0 spiro atoms. The van der Waals surface area contributed by atoms with Crippen molar-refractivity contribution < 1.29 is 9.18 Å². The van der Waals surface area contributed by atoms with Crippen molar-refractivity contribution in [1.29, 1.82) is 0 Å². The van der Waals surface area contributed by atoms with Crippen LogP contribution >= 0.6 is 27.5 Å². The summed E-state index contributed by atoms with van der Waals surface area (Å²) in [5.41, 5.74) is -0.281. The first-order valence-corrected chi connectivity index (χ1v) is 6.29. The lowest BCUT2D eigenvalue weighted by atomic mass is 10.2. The Morgan fingerprint density at radius 2 is 2.16 bits per heavy atom. The van der Waals surface area contributed by atoms with E-state index in [2.05, 4.69) is 26.2 Å². The van der Waals surface area contributed by atoms with Gasteiger partial charge in [0.05, 0.1) is 10.7 Å². The quantitative estimate of drug-likeness (QED) is 0.878. The van der Waals surface area contributed by atoms with Crippen LogP contribution in [-0.2, 0) is 0 Å². The molecule has 0 radical (unpaired) electrons. The molecule has 1 aromatic carbocycles. The monoisotopic (exact) mass is 344 g/mol. The summed E-state index contributed by atoms with van der Waals surface area (Å²) in [6, 6.07) is 3.46. The smallest absolute Gasteiger partial charge is 0.261 e. The van der Waals surface area contributed by atoms with Crippen LogP contribution in [0, 0.1) is 5.82 Å². The SMILES string of the molecule is O=C(Nc1c(Cl)cc(F)cc1Br)c1c[nH]ccc1=O. The molecule has 0 saturated heterocycles. The van der Waals surface area contributed by atoms with Gasteiger partial charge in [-0.1, -0.05) is 11.6 Å². The molecule has 4 nitrogen and oxygen atoms in total. The minimum atomic E-state index is -0.629. The topological polar surface area (TPSA) is 62.0 Å². The largest absolute Gasteiger partial charge is 0.367 e. The number of benzene rings is 1. The van der Waals surface area contributed by atoms with Crippen molar-refractivity contribution in [3.63, 3.8) is 0 Å². The number of pyridine rings is 1. The van der Waals surface area contributed by atoms with E-state index in [-0.39, 0.29) is 16.3 Å². The maximum absolute atomic E-state index is 13.1. The third-order valence-electron chi connectivity index (χ3n) is 2.31. The van der Waals surface area contributed by atoms with Crippen molar-refractivity contribution in [2.45, 2.75) is 0 Å². The van der Waals surface area contributed by atoms with Crippen molar-refractivity contribution in [2.24, 2.45) is 0 Å². The second-order valence-corrected chi connectivity index (χ2v) is 4.88. The van der Waals surface area contributed by atoms with Gasteiger partial charge in [-0.3, -0.25) is 9.59 Å². The van der Waals surface area contributed by atoms with Crippen molar-refractivity contribution >= 4 is 39.1 Å². The Morgan fingerprint density at radius 3 is 2.79 bits per heavy atom. The molecule has 2 aromatic rings. The molecule has 0 bridgehead atoms. The third kappa shape index (κ3) is 3.02. The van der Waals surface area contributed by atoms with Crippen molar-refractivity contribution in [3.8, 4) is 0 Å². The molecule has 0 aliphatic rings. The standard InChI is InChI=1S/C12H7BrClFN2O2/c13-8-3-6(15)4-9(14)11(8)17-12(19)7-5-16-2-1-10(7)18/h1-5H,(H,16,18)(H,17,19). The fourth-order valence-corrected chi connectivity index (χ4v) is 2.33. The minimum absolute atomic E-state index is 0.0348. The normalized spacial score (nSPS) is 10.3. The van der Waals surface area contributed by atoms with E-state index in [0.717, 1.165) is 12.1 Å². The summed E-state index contributed by atoms with van der Waals surface area (Å²) in [7, 11) is 0. The van der Waals surface area contributed by atoms with Gasteiger partial charge >= 0.3 is 0 Å². The summed E-state index contributed by atoms with van der Waals surface area (Å²) < 4.78 is 13.3. The van der Waals surface area contributed by atoms with Gasteiger partial charge in [0, 0.05) is 22.9 Å². The summed E-state index contributed by atoms with van der Waals surface area (Å²) in [5, 5.41) is 2.49. The molecule has 0 fully saturated rings. The van der Waals surface area contributed by atoms with Crippen LogP contribution in [0.5, 0.6) is 0 Å². The Hall–Kier alpha value is -1.66. The Balaban J connectivity index is 2.35. The number of carbonyl (C=O) groups excluding carboxylic acids is 1. The number of H-pyrrole nitrogens is 1. The van der Waals surface area contributed by atoms with Gasteiger partial charge in [0.15, 0.2) is 5.43 Å². The lowest BCUT2D eigenvalue weighted by Gasteiger charge is -2.09. The number of amides is 1. The fraction of sp³-hybridized carbons (Fsp3) is 0. The van der Waals surface area contributed by atoms with Gasteiger partial charge in [-0.15, -0.1) is 0 Å². The molecule has 7 heteroatoms. The zero-order valence-electron chi connectivity index (χ0n) is 9.34. The second-order valence-electron chi connectivity index (χ2n) is 3.62. The first kappa shape index (κ1) is 13.8. The summed E-state index contributed by atoms with van der Waals surface area (Å²) in [4.78, 5) is 26.1. The van der Waals surface area contributed by atoms with Gasteiger partial charge in [0.1, 0.15) is 11.4 Å². The molecule has 0 atom stereocenters. The maximum atomic E-state index is 13.1. The second kappa shape index (κ2) is 5.54. The van der Waals surface area contributed by atoms with E-state index in [0.29, 0.717) is 4.47 Å². The van der Waals surface area contributed by atoms with Crippen molar-refractivity contribution in [1.82, 2.24) is 4.98 Å². The van der Waals surface area contributed by atoms with E-state index in [1.54, 1.807) is 0 Å². The van der Waals surface area contributed by atoms with Gasteiger partial charge in [-0.05, 0) is 28.1 Å². The summed E-state index contributed by atoms with van der Waals surface area (Å²) in [6.45, 7) is 0. The number of halogens is 3. The van der Waals surface area contributed by atoms with Crippen LogP contribution in [-0.4, -0.2) is 10.9 Å². The van der Waals surface area contributed by atoms with Gasteiger partial charge in [0.2, 0.25) is 0 Å². The molecule has 0 aliphatic heterocycles. The number of hydrogen-bond acceptors (Lipinski definition) is 2. The molecular formula is C12H7BrClFN2O2. The number of hydrogen-bond donors (Lipinski definition) is 2. The van der Waals surface area contributed by atoms with E-state index in [1.165, 1.54) is 18.5 Å². The van der Waals surface area contributed by atoms with Gasteiger partial charge in [-0.2, -0.15) is 0 Å². The van der Waals surface area contributed by atoms with Crippen LogP contribution in [0.2, 0.25) is 5.02 Å². The average molecular weight is 346 g/mol. The molecule has 98 valence electrons.